The molecule has 3 atom stereocenters. The summed E-state index contributed by atoms with van der Waals surface area (Å²) in [6, 6.07) is 0.198. The summed E-state index contributed by atoms with van der Waals surface area (Å²) in [5.74, 6) is 0.285. The minimum absolute atomic E-state index is 0.198. The molecule has 1 aromatic rings. The second-order valence-corrected chi connectivity index (χ2v) is 5.22. The minimum Gasteiger partial charge on any atom is -0.389 e. The van der Waals surface area contributed by atoms with E-state index in [4.69, 9.17) is 0 Å². The van der Waals surface area contributed by atoms with Crippen molar-refractivity contribution in [3.05, 3.63) is 17.5 Å². The predicted octanol–water partition coefficient (Wildman–Crippen LogP) is 2.17. The lowest BCUT2D eigenvalue weighted by Crippen LogP contribution is -2.43. The first kappa shape index (κ1) is 14.2. The van der Waals surface area contributed by atoms with Crippen LogP contribution in [0.1, 0.15) is 51.4 Å². The van der Waals surface area contributed by atoms with Crippen LogP contribution in [-0.2, 0) is 0 Å². The molecule has 3 N–H and O–H groups in total. The normalized spacial score (nSPS) is 18.7. The second kappa shape index (κ2) is 5.65. The molecule has 0 amide bonds. The van der Waals surface area contributed by atoms with Crippen LogP contribution in [-0.4, -0.2) is 27.4 Å². The van der Waals surface area contributed by atoms with Crippen LogP contribution in [0, 0.1) is 12.8 Å². The third kappa shape index (κ3) is 3.54. The highest BCUT2D eigenvalue weighted by atomic mass is 16.3. The third-order valence-electron chi connectivity index (χ3n) is 3.78. The number of nitrogens with zero attached hydrogens (tertiary/aromatic N) is 1. The zero-order valence-corrected chi connectivity index (χ0v) is 11.5. The molecule has 0 saturated heterocycles. The third-order valence-corrected chi connectivity index (χ3v) is 3.78. The monoisotopic (exact) mass is 239 g/mol. The van der Waals surface area contributed by atoms with Gasteiger partial charge in [-0.25, -0.2) is 0 Å². The van der Waals surface area contributed by atoms with Crippen LogP contribution in [0.2, 0.25) is 0 Å². The Balaban J connectivity index is 2.54. The van der Waals surface area contributed by atoms with Gasteiger partial charge in [-0.1, -0.05) is 20.3 Å². The molecule has 0 fully saturated rings. The van der Waals surface area contributed by atoms with Crippen LogP contribution in [0.4, 0.5) is 0 Å². The van der Waals surface area contributed by atoms with Gasteiger partial charge in [-0.2, -0.15) is 5.10 Å². The number of aryl methyl sites for hydroxylation is 1. The predicted molar refractivity (Wildman–Crippen MR) is 69.8 cm³/mol. The number of hydrogen-bond acceptors (Lipinski definition) is 3. The maximum Gasteiger partial charge on any atom is 0.0769 e. The topological polar surface area (TPSA) is 60.9 Å². The highest BCUT2D eigenvalue weighted by Gasteiger charge is 2.27. The van der Waals surface area contributed by atoms with Crippen LogP contribution in [0.5, 0.6) is 0 Å². The average Bonchev–Trinajstić information content (AvgIpc) is 2.71. The first-order valence-electron chi connectivity index (χ1n) is 6.34. The number of aromatic nitrogens is 2. The highest BCUT2D eigenvalue weighted by molar-refractivity contribution is 5.18. The number of H-pyrrole nitrogens is 1. The maximum absolute atomic E-state index is 10.3. The molecule has 17 heavy (non-hydrogen) atoms. The van der Waals surface area contributed by atoms with Crippen molar-refractivity contribution in [2.45, 2.75) is 52.7 Å². The first-order valence-corrected chi connectivity index (χ1v) is 6.34. The molecule has 0 aliphatic rings. The zero-order valence-electron chi connectivity index (χ0n) is 11.5. The molecule has 98 valence electrons. The van der Waals surface area contributed by atoms with Gasteiger partial charge in [0.2, 0.25) is 0 Å². The molecule has 4 nitrogen and oxygen atoms in total. The van der Waals surface area contributed by atoms with Gasteiger partial charge in [0.05, 0.1) is 11.8 Å². The summed E-state index contributed by atoms with van der Waals surface area (Å²) < 4.78 is 0. The Labute approximate surface area is 104 Å². The molecular formula is C13H25N3O. The minimum atomic E-state index is -0.666. The van der Waals surface area contributed by atoms with Gasteiger partial charge < -0.3 is 10.4 Å². The quantitative estimate of drug-likeness (QED) is 0.713. The van der Waals surface area contributed by atoms with E-state index in [2.05, 4.69) is 36.3 Å². The number of nitrogens with one attached hydrogen (secondary N) is 2. The largest absolute Gasteiger partial charge is 0.389 e. The van der Waals surface area contributed by atoms with Crippen molar-refractivity contribution in [2.24, 2.45) is 5.92 Å². The molecule has 0 aliphatic carbocycles. The average molecular weight is 239 g/mol. The number of hydrogen-bond donors (Lipinski definition) is 3. The zero-order chi connectivity index (χ0) is 13.1. The van der Waals surface area contributed by atoms with Gasteiger partial charge in [0, 0.05) is 23.8 Å². The van der Waals surface area contributed by atoms with Gasteiger partial charge in [0.15, 0.2) is 0 Å². The lowest BCUT2D eigenvalue weighted by Gasteiger charge is -2.31. The Hall–Kier alpha value is -0.870. The Morgan fingerprint density at radius 3 is 2.65 bits per heavy atom. The van der Waals surface area contributed by atoms with E-state index in [1.165, 1.54) is 0 Å². The van der Waals surface area contributed by atoms with Crippen LogP contribution in [0.3, 0.4) is 0 Å². The lowest BCUT2D eigenvalue weighted by molar-refractivity contribution is 0.00363. The van der Waals surface area contributed by atoms with Crippen molar-refractivity contribution in [3.8, 4) is 0 Å². The van der Waals surface area contributed by atoms with Gasteiger partial charge in [-0.05, 0) is 26.7 Å². The molecule has 0 radical (unpaired) electrons. The molecule has 4 heteroatoms. The molecule has 0 bridgehead atoms. The Bertz CT molecular complexity index is 346. The van der Waals surface area contributed by atoms with E-state index in [-0.39, 0.29) is 12.0 Å². The van der Waals surface area contributed by atoms with Crippen LogP contribution >= 0.6 is 0 Å². The number of aromatic amines is 1. The molecule has 0 spiro atoms. The van der Waals surface area contributed by atoms with Gasteiger partial charge in [-0.15, -0.1) is 0 Å². The summed E-state index contributed by atoms with van der Waals surface area (Å²) in [6.07, 6.45) is 2.82. The first-order chi connectivity index (χ1) is 7.88. The summed E-state index contributed by atoms with van der Waals surface area (Å²) in [5.41, 5.74) is 1.57. The molecule has 0 aliphatic heterocycles. The Kier molecular flexibility index (Phi) is 4.71. The van der Waals surface area contributed by atoms with Gasteiger partial charge in [0.25, 0.3) is 0 Å². The summed E-state index contributed by atoms with van der Waals surface area (Å²) in [4.78, 5) is 0. The van der Waals surface area contributed by atoms with Crippen molar-refractivity contribution >= 4 is 0 Å². The smallest absolute Gasteiger partial charge is 0.0769 e. The maximum atomic E-state index is 10.3. The molecule has 1 heterocycles. The SMILES string of the molecule is CCC(C)C(C)(O)CNC(C)c1cn[nH]c1C. The van der Waals surface area contributed by atoms with E-state index in [1.54, 1.807) is 0 Å². The fourth-order valence-corrected chi connectivity index (χ4v) is 1.88. The van der Waals surface area contributed by atoms with E-state index in [0.29, 0.717) is 6.54 Å². The van der Waals surface area contributed by atoms with Crippen LogP contribution < -0.4 is 5.32 Å². The molecule has 3 unspecified atom stereocenters. The molecule has 0 aromatic carbocycles. The standard InChI is InChI=1S/C13H25N3O/c1-6-9(2)13(5,17)8-14-10(3)12-7-15-16-11(12)4/h7,9-10,14,17H,6,8H2,1-5H3,(H,15,16). The lowest BCUT2D eigenvalue weighted by atomic mass is 9.88. The van der Waals surface area contributed by atoms with Gasteiger partial charge in [-0.3, -0.25) is 5.10 Å². The molecular weight excluding hydrogens is 214 g/mol. The van der Waals surface area contributed by atoms with Crippen molar-refractivity contribution in [1.29, 1.82) is 0 Å². The highest BCUT2D eigenvalue weighted by Crippen LogP contribution is 2.21. The van der Waals surface area contributed by atoms with Gasteiger partial charge in [0.1, 0.15) is 0 Å². The number of rotatable bonds is 6. The fraction of sp³-hybridized carbons (Fsp3) is 0.769. The summed E-state index contributed by atoms with van der Waals surface area (Å²) in [7, 11) is 0. The van der Waals surface area contributed by atoms with Crippen LogP contribution in [0.25, 0.3) is 0 Å². The Morgan fingerprint density at radius 2 is 2.18 bits per heavy atom. The van der Waals surface area contributed by atoms with Crippen molar-refractivity contribution in [3.63, 3.8) is 0 Å². The number of aliphatic hydroxyl groups is 1. The molecule has 1 rings (SSSR count). The van der Waals surface area contributed by atoms with E-state index < -0.39 is 5.60 Å². The van der Waals surface area contributed by atoms with Crippen molar-refractivity contribution in [2.75, 3.05) is 6.54 Å². The summed E-state index contributed by atoms with van der Waals surface area (Å²) in [6.45, 7) is 10.8. The fourth-order valence-electron chi connectivity index (χ4n) is 1.88. The van der Waals surface area contributed by atoms with Crippen molar-refractivity contribution in [1.82, 2.24) is 15.5 Å². The van der Waals surface area contributed by atoms with E-state index in [9.17, 15) is 5.11 Å². The van der Waals surface area contributed by atoms with E-state index in [1.807, 2.05) is 20.0 Å². The Morgan fingerprint density at radius 1 is 1.53 bits per heavy atom. The molecule has 1 aromatic heterocycles. The van der Waals surface area contributed by atoms with E-state index in [0.717, 1.165) is 17.7 Å². The van der Waals surface area contributed by atoms with Gasteiger partial charge >= 0.3 is 0 Å². The summed E-state index contributed by atoms with van der Waals surface area (Å²) >= 11 is 0. The second-order valence-electron chi connectivity index (χ2n) is 5.22. The van der Waals surface area contributed by atoms with Crippen LogP contribution in [0.15, 0.2) is 6.20 Å². The molecule has 0 saturated carbocycles. The summed E-state index contributed by atoms with van der Waals surface area (Å²) in [5, 5.41) is 20.6. The van der Waals surface area contributed by atoms with E-state index >= 15 is 0 Å². The van der Waals surface area contributed by atoms with Crippen molar-refractivity contribution < 1.29 is 5.11 Å².